The van der Waals surface area contributed by atoms with E-state index in [9.17, 15) is 33.0 Å². The number of methoxy groups -OCH3 is 1. The molecule has 0 aliphatic carbocycles. The maximum absolute atomic E-state index is 14.8. The zero-order valence-corrected chi connectivity index (χ0v) is 27.0. The van der Waals surface area contributed by atoms with Crippen molar-refractivity contribution < 1.29 is 52.3 Å². The van der Waals surface area contributed by atoms with Crippen molar-refractivity contribution in [1.29, 1.82) is 0 Å². The molecule has 0 aliphatic heterocycles. The number of benzene rings is 2. The molecule has 11 nitrogen and oxygen atoms in total. The summed E-state index contributed by atoms with van der Waals surface area (Å²) in [6.45, 7) is 2.59. The Bertz CT molecular complexity index is 1770. The minimum absolute atomic E-state index is 0.00174. The number of phenols is 1. The number of nitrogens with one attached hydrogen (secondary N) is 1. The van der Waals surface area contributed by atoms with Crippen molar-refractivity contribution in [2.24, 2.45) is 0 Å². The zero-order valence-electron chi connectivity index (χ0n) is 27.0. The summed E-state index contributed by atoms with van der Waals surface area (Å²) in [4.78, 5) is 34.1. The summed E-state index contributed by atoms with van der Waals surface area (Å²) < 4.78 is 60.1. The van der Waals surface area contributed by atoms with Crippen molar-refractivity contribution in [3.8, 4) is 28.6 Å². The van der Waals surface area contributed by atoms with Gasteiger partial charge in [-0.1, -0.05) is 30.3 Å². The molecule has 0 bridgehead atoms. The van der Waals surface area contributed by atoms with E-state index in [0.717, 1.165) is 17.7 Å². The van der Waals surface area contributed by atoms with E-state index in [4.69, 9.17) is 19.3 Å². The number of amides is 1. The number of Topliss-reactive ketones (excluding diaryl/α,β-unsaturated/α-hetero) is 1. The first-order valence-electron chi connectivity index (χ1n) is 15.1. The lowest BCUT2D eigenvalue weighted by Crippen LogP contribution is -2.45. The summed E-state index contributed by atoms with van der Waals surface area (Å²) in [6.07, 6.45) is -6.68. The molecule has 0 spiro atoms. The van der Waals surface area contributed by atoms with Crippen molar-refractivity contribution in [2.75, 3.05) is 20.3 Å². The molecule has 2 heterocycles. The number of carbonyl (C=O) groups excluding carboxylic acids is 2. The summed E-state index contributed by atoms with van der Waals surface area (Å²) in [5.74, 6) is -1.13. The summed E-state index contributed by atoms with van der Waals surface area (Å²) >= 11 is 0. The van der Waals surface area contributed by atoms with Crippen molar-refractivity contribution in [3.63, 3.8) is 0 Å². The highest BCUT2D eigenvalue weighted by molar-refractivity contribution is 5.96. The highest BCUT2D eigenvalue weighted by Crippen LogP contribution is 2.44. The Kier molecular flexibility index (Phi) is 11.5. The fraction of sp³-hybridized carbons (Fsp3) is 0.314. The van der Waals surface area contributed by atoms with E-state index in [2.05, 4.69) is 15.3 Å². The number of ether oxygens (including phenoxy) is 3. The number of pyridine rings is 2. The van der Waals surface area contributed by atoms with E-state index in [0.29, 0.717) is 5.56 Å². The number of hydrogen-bond acceptors (Lipinski definition) is 10. The van der Waals surface area contributed by atoms with Crippen LogP contribution in [0.15, 0.2) is 79.0 Å². The maximum Gasteiger partial charge on any atom is 0.422 e. The Morgan fingerprint density at radius 2 is 1.71 bits per heavy atom. The predicted molar refractivity (Wildman–Crippen MR) is 171 cm³/mol. The molecule has 0 saturated heterocycles. The van der Waals surface area contributed by atoms with Crippen LogP contribution in [0.4, 0.5) is 18.0 Å². The van der Waals surface area contributed by atoms with Crippen LogP contribution in [0.3, 0.4) is 0 Å². The minimum Gasteiger partial charge on any atom is -0.504 e. The monoisotopic (exact) mass is 683 g/mol. The molecular formula is C35H36F3N3O8. The van der Waals surface area contributed by atoms with E-state index in [1.807, 2.05) is 0 Å². The van der Waals surface area contributed by atoms with Gasteiger partial charge in [-0.3, -0.25) is 4.79 Å². The average molecular weight is 684 g/mol. The lowest BCUT2D eigenvalue weighted by molar-refractivity contribution is -0.270. The number of halogens is 3. The standard InChI is InChI=1S/C35H36F3N3O8/c1-33(2,41-32(45)49-21-22-7-5-4-6-8-22)25-19-26(23-12-14-39-31(18-23)47-3)40-30(20-25)34(46,35(36,37)38)13-11-27(43)24-9-10-29(28(44)17-24)48-16-15-42/h4-10,12,14,17-20,42,44,46H,11,13,15-16,21H2,1-3H3,(H,41,45). The first kappa shape index (κ1) is 36.6. The van der Waals surface area contributed by atoms with Crippen LogP contribution in [0.1, 0.15) is 53.9 Å². The van der Waals surface area contributed by atoms with Gasteiger partial charge in [-0.2, -0.15) is 13.2 Å². The Hall–Kier alpha value is -5.21. The third-order valence-electron chi connectivity index (χ3n) is 7.65. The molecule has 0 saturated carbocycles. The van der Waals surface area contributed by atoms with Gasteiger partial charge in [-0.15, -0.1) is 0 Å². The number of rotatable bonds is 14. The number of phenolic OH excluding ortho intramolecular Hbond substituents is 1. The van der Waals surface area contributed by atoms with Crippen molar-refractivity contribution in [3.05, 3.63) is 101 Å². The van der Waals surface area contributed by atoms with Gasteiger partial charge in [0, 0.05) is 29.8 Å². The second kappa shape index (κ2) is 15.3. The first-order chi connectivity index (χ1) is 23.2. The fourth-order valence-corrected chi connectivity index (χ4v) is 4.84. The lowest BCUT2D eigenvalue weighted by Gasteiger charge is -2.33. The highest BCUT2D eigenvalue weighted by Gasteiger charge is 2.56. The molecule has 0 aliphatic rings. The molecule has 2 aromatic heterocycles. The topological polar surface area (TPSA) is 160 Å². The Balaban J connectivity index is 1.70. The van der Waals surface area contributed by atoms with Crippen LogP contribution < -0.4 is 14.8 Å². The van der Waals surface area contributed by atoms with Gasteiger partial charge in [0.05, 0.1) is 30.6 Å². The third-order valence-corrected chi connectivity index (χ3v) is 7.65. The van der Waals surface area contributed by atoms with Crippen molar-refractivity contribution >= 4 is 11.9 Å². The van der Waals surface area contributed by atoms with Gasteiger partial charge in [0.2, 0.25) is 11.5 Å². The first-order valence-corrected chi connectivity index (χ1v) is 15.1. The zero-order chi connectivity index (χ0) is 35.8. The molecule has 2 aromatic carbocycles. The second-order valence-electron chi connectivity index (χ2n) is 11.6. The number of aliphatic hydroxyl groups excluding tert-OH is 1. The SMILES string of the molecule is COc1cc(-c2cc(C(C)(C)NC(=O)OCc3ccccc3)cc(C(O)(CCC(=O)c3ccc(OCCO)c(O)c3)C(F)(F)F)n2)ccn1. The van der Waals surface area contributed by atoms with Gasteiger partial charge in [0.25, 0.3) is 0 Å². The van der Waals surface area contributed by atoms with Crippen LogP contribution in [0.25, 0.3) is 11.3 Å². The number of nitrogens with zero attached hydrogens (tertiary/aromatic N) is 2. The van der Waals surface area contributed by atoms with Crippen LogP contribution in [0.5, 0.6) is 17.4 Å². The molecule has 260 valence electrons. The van der Waals surface area contributed by atoms with Crippen LogP contribution in [0, 0.1) is 0 Å². The van der Waals surface area contributed by atoms with Crippen LogP contribution >= 0.6 is 0 Å². The Morgan fingerprint density at radius 1 is 0.980 bits per heavy atom. The quantitative estimate of drug-likeness (QED) is 0.120. The number of aliphatic hydroxyl groups is 2. The van der Waals surface area contributed by atoms with Gasteiger partial charge in [-0.25, -0.2) is 14.8 Å². The number of ketones is 1. The average Bonchev–Trinajstić information content (AvgIpc) is 3.08. The van der Waals surface area contributed by atoms with E-state index in [1.165, 1.54) is 43.6 Å². The molecule has 49 heavy (non-hydrogen) atoms. The van der Waals surface area contributed by atoms with Crippen LogP contribution in [0.2, 0.25) is 0 Å². The Labute approximate surface area is 280 Å². The third kappa shape index (κ3) is 9.03. The number of aromatic hydroxyl groups is 1. The molecule has 0 radical (unpaired) electrons. The van der Waals surface area contributed by atoms with Crippen LogP contribution in [-0.4, -0.2) is 63.7 Å². The number of alkyl carbamates (subject to hydrolysis) is 1. The highest BCUT2D eigenvalue weighted by atomic mass is 19.4. The van der Waals surface area contributed by atoms with E-state index in [1.54, 1.807) is 44.2 Å². The van der Waals surface area contributed by atoms with Crippen LogP contribution in [-0.2, 0) is 22.5 Å². The van der Waals surface area contributed by atoms with Gasteiger partial charge in [0.15, 0.2) is 17.3 Å². The van der Waals surface area contributed by atoms with E-state index in [-0.39, 0.29) is 48.3 Å². The fourth-order valence-electron chi connectivity index (χ4n) is 4.84. The number of alkyl halides is 3. The van der Waals surface area contributed by atoms with Gasteiger partial charge >= 0.3 is 12.3 Å². The molecule has 1 atom stereocenters. The Morgan fingerprint density at radius 3 is 2.37 bits per heavy atom. The molecular weight excluding hydrogens is 647 g/mol. The summed E-state index contributed by atoms with van der Waals surface area (Å²) in [7, 11) is 1.37. The van der Waals surface area contributed by atoms with Gasteiger partial charge in [0.1, 0.15) is 13.2 Å². The van der Waals surface area contributed by atoms with E-state index >= 15 is 0 Å². The minimum atomic E-state index is -5.30. The second-order valence-corrected chi connectivity index (χ2v) is 11.6. The summed E-state index contributed by atoms with van der Waals surface area (Å²) in [5, 5.41) is 33.2. The molecule has 4 N–H and O–H groups in total. The van der Waals surface area contributed by atoms with Gasteiger partial charge < -0.3 is 34.8 Å². The molecule has 14 heteroatoms. The van der Waals surface area contributed by atoms with Crippen molar-refractivity contribution in [1.82, 2.24) is 15.3 Å². The molecule has 1 amide bonds. The van der Waals surface area contributed by atoms with E-state index < -0.39 is 53.5 Å². The maximum atomic E-state index is 14.8. The summed E-state index contributed by atoms with van der Waals surface area (Å²) in [5.41, 5.74) is -4.75. The molecule has 1 unspecified atom stereocenters. The number of carbonyl (C=O) groups is 2. The molecule has 4 aromatic rings. The molecule has 0 fully saturated rings. The lowest BCUT2D eigenvalue weighted by atomic mass is 9.86. The normalized spacial score (nSPS) is 12.9. The largest absolute Gasteiger partial charge is 0.504 e. The number of aromatic nitrogens is 2. The van der Waals surface area contributed by atoms with Gasteiger partial charge in [-0.05, 0) is 67.8 Å². The predicted octanol–water partition coefficient (Wildman–Crippen LogP) is 5.80. The van der Waals surface area contributed by atoms with Crippen molar-refractivity contribution in [2.45, 2.75) is 50.6 Å². The smallest absolute Gasteiger partial charge is 0.422 e. The molecule has 4 rings (SSSR count). The summed E-state index contributed by atoms with van der Waals surface area (Å²) in [6, 6.07) is 17.8. The number of hydrogen-bond donors (Lipinski definition) is 4.